The van der Waals surface area contributed by atoms with Crippen LogP contribution in [0.15, 0.2) is 24.3 Å². The van der Waals surface area contributed by atoms with Crippen LogP contribution in [-0.4, -0.2) is 31.1 Å². The van der Waals surface area contributed by atoms with E-state index in [0.717, 1.165) is 12.8 Å². The van der Waals surface area contributed by atoms with E-state index in [4.69, 9.17) is 10.5 Å². The third-order valence-electron chi connectivity index (χ3n) is 3.83. The Balaban J connectivity index is 0.00000264. The molecule has 1 aliphatic rings. The Morgan fingerprint density at radius 3 is 2.22 bits per heavy atom. The molecule has 0 bridgehead atoms. The first kappa shape index (κ1) is 19.4. The largest absolute Gasteiger partial charge is 0.381 e. The second kappa shape index (κ2) is 9.50. The van der Waals surface area contributed by atoms with Gasteiger partial charge in [-0.25, -0.2) is 0 Å². The molecular weight excluding hydrogens is 318 g/mol. The molecule has 4 N–H and O–H groups in total. The molecule has 2 amide bonds. The van der Waals surface area contributed by atoms with Crippen molar-refractivity contribution in [3.05, 3.63) is 24.3 Å². The topological polar surface area (TPSA) is 93.5 Å². The van der Waals surface area contributed by atoms with E-state index in [1.54, 1.807) is 31.2 Å². The molecule has 0 radical (unpaired) electrons. The average Bonchev–Trinajstić information content (AvgIpc) is 2.56. The van der Waals surface area contributed by atoms with Crippen molar-refractivity contribution < 1.29 is 14.3 Å². The van der Waals surface area contributed by atoms with Crippen LogP contribution in [0.3, 0.4) is 0 Å². The molecule has 1 saturated heterocycles. The second-order valence-corrected chi connectivity index (χ2v) is 5.44. The molecular formula is C16H24ClN3O3. The van der Waals surface area contributed by atoms with E-state index in [0.29, 0.717) is 31.0 Å². The number of ether oxygens (including phenoxy) is 1. The fourth-order valence-electron chi connectivity index (χ4n) is 2.40. The quantitative estimate of drug-likeness (QED) is 0.765. The number of hydrogen-bond acceptors (Lipinski definition) is 4. The van der Waals surface area contributed by atoms with E-state index in [9.17, 15) is 9.59 Å². The van der Waals surface area contributed by atoms with E-state index >= 15 is 0 Å². The van der Waals surface area contributed by atoms with Gasteiger partial charge in [-0.05, 0) is 43.0 Å². The van der Waals surface area contributed by atoms with Crippen molar-refractivity contribution in [2.24, 2.45) is 11.7 Å². The summed E-state index contributed by atoms with van der Waals surface area (Å²) in [5.74, 6) is -0.0626. The first-order valence-corrected chi connectivity index (χ1v) is 7.64. The maximum absolute atomic E-state index is 12.2. The van der Waals surface area contributed by atoms with E-state index in [-0.39, 0.29) is 30.1 Å². The van der Waals surface area contributed by atoms with Crippen molar-refractivity contribution in [2.75, 3.05) is 23.8 Å². The van der Waals surface area contributed by atoms with Crippen molar-refractivity contribution in [1.82, 2.24) is 0 Å². The fraction of sp³-hybridized carbons (Fsp3) is 0.500. The number of halogens is 1. The van der Waals surface area contributed by atoms with Gasteiger partial charge in [-0.1, -0.05) is 6.92 Å². The highest BCUT2D eigenvalue weighted by Crippen LogP contribution is 2.19. The molecule has 1 heterocycles. The molecule has 2 rings (SSSR count). The summed E-state index contributed by atoms with van der Waals surface area (Å²) in [6.45, 7) is 3.12. The number of nitrogens with two attached hydrogens (primary N) is 1. The number of anilines is 2. The lowest BCUT2D eigenvalue weighted by Gasteiger charge is -2.26. The Morgan fingerprint density at radius 2 is 1.70 bits per heavy atom. The van der Waals surface area contributed by atoms with Gasteiger partial charge >= 0.3 is 0 Å². The summed E-state index contributed by atoms with van der Waals surface area (Å²) in [5.41, 5.74) is 7.40. The third-order valence-corrected chi connectivity index (χ3v) is 3.83. The minimum absolute atomic E-state index is 0. The van der Waals surface area contributed by atoms with E-state index in [1.165, 1.54) is 0 Å². The number of carbonyl (C=O) groups is 2. The lowest BCUT2D eigenvalue weighted by Crippen LogP contribution is -2.43. The van der Waals surface area contributed by atoms with Gasteiger partial charge in [0.1, 0.15) is 0 Å². The number of rotatable bonds is 5. The average molecular weight is 342 g/mol. The number of amides is 2. The van der Waals surface area contributed by atoms with Crippen LogP contribution in [-0.2, 0) is 14.3 Å². The van der Waals surface area contributed by atoms with Gasteiger partial charge in [-0.15, -0.1) is 12.4 Å². The fourth-order valence-corrected chi connectivity index (χ4v) is 2.40. The smallest absolute Gasteiger partial charge is 0.241 e. The molecule has 1 unspecified atom stereocenters. The molecule has 7 heteroatoms. The van der Waals surface area contributed by atoms with Crippen LogP contribution in [0, 0.1) is 5.92 Å². The maximum Gasteiger partial charge on any atom is 0.241 e. The van der Waals surface area contributed by atoms with Gasteiger partial charge in [0.25, 0.3) is 0 Å². The summed E-state index contributed by atoms with van der Waals surface area (Å²) < 4.78 is 5.28. The van der Waals surface area contributed by atoms with Crippen molar-refractivity contribution in [2.45, 2.75) is 32.2 Å². The minimum Gasteiger partial charge on any atom is -0.381 e. The highest BCUT2D eigenvalue weighted by atomic mass is 35.5. The zero-order chi connectivity index (χ0) is 15.9. The van der Waals surface area contributed by atoms with E-state index in [1.807, 2.05) is 0 Å². The second-order valence-electron chi connectivity index (χ2n) is 5.44. The summed E-state index contributed by atoms with van der Waals surface area (Å²) >= 11 is 0. The van der Waals surface area contributed by atoms with Crippen LogP contribution in [0.2, 0.25) is 0 Å². The summed E-state index contributed by atoms with van der Waals surface area (Å²) in [7, 11) is 0. The van der Waals surface area contributed by atoms with Crippen LogP contribution >= 0.6 is 12.4 Å². The number of hydrogen-bond donors (Lipinski definition) is 3. The molecule has 1 aliphatic heterocycles. The SMILES string of the molecule is CCC(=O)Nc1ccc(NC(=O)C(N)C2CCOCC2)cc1.Cl. The van der Waals surface area contributed by atoms with Gasteiger partial charge in [-0.3, -0.25) is 9.59 Å². The lowest BCUT2D eigenvalue weighted by molar-refractivity contribution is -0.119. The number of nitrogens with one attached hydrogen (secondary N) is 2. The molecule has 128 valence electrons. The Morgan fingerprint density at radius 1 is 1.17 bits per heavy atom. The summed E-state index contributed by atoms with van der Waals surface area (Å²) in [6.07, 6.45) is 2.06. The van der Waals surface area contributed by atoms with Gasteiger partial charge in [0, 0.05) is 31.0 Å². The highest BCUT2D eigenvalue weighted by Gasteiger charge is 2.26. The molecule has 0 saturated carbocycles. The first-order valence-electron chi connectivity index (χ1n) is 7.64. The van der Waals surface area contributed by atoms with E-state index < -0.39 is 6.04 Å². The van der Waals surface area contributed by atoms with Crippen LogP contribution < -0.4 is 16.4 Å². The number of carbonyl (C=O) groups excluding carboxylic acids is 2. The van der Waals surface area contributed by atoms with Crippen molar-refractivity contribution in [3.8, 4) is 0 Å². The minimum atomic E-state index is -0.525. The summed E-state index contributed by atoms with van der Waals surface area (Å²) in [5, 5.41) is 5.57. The predicted molar refractivity (Wildman–Crippen MR) is 92.8 cm³/mol. The summed E-state index contributed by atoms with van der Waals surface area (Å²) in [6, 6.07) is 6.48. The van der Waals surface area contributed by atoms with E-state index in [2.05, 4.69) is 10.6 Å². The zero-order valence-corrected chi connectivity index (χ0v) is 14.0. The molecule has 0 aliphatic carbocycles. The molecule has 1 aromatic carbocycles. The van der Waals surface area contributed by atoms with Gasteiger partial charge in [0.15, 0.2) is 0 Å². The Bertz CT molecular complexity index is 516. The molecule has 1 fully saturated rings. The molecule has 1 aromatic rings. The van der Waals surface area contributed by atoms with Crippen molar-refractivity contribution >= 4 is 35.6 Å². The third kappa shape index (κ3) is 5.82. The van der Waals surface area contributed by atoms with Crippen LogP contribution in [0.4, 0.5) is 11.4 Å². The zero-order valence-electron chi connectivity index (χ0n) is 13.2. The normalized spacial score (nSPS) is 16.1. The van der Waals surface area contributed by atoms with Gasteiger partial charge in [-0.2, -0.15) is 0 Å². The Kier molecular flexibility index (Phi) is 8.02. The standard InChI is InChI=1S/C16H23N3O3.ClH/c1-2-14(20)18-12-3-5-13(6-4-12)19-16(21)15(17)11-7-9-22-10-8-11;/h3-6,11,15H,2,7-10,17H2,1H3,(H,18,20)(H,19,21);1H. The monoisotopic (exact) mass is 341 g/mol. The maximum atomic E-state index is 12.2. The Hall–Kier alpha value is -1.63. The van der Waals surface area contributed by atoms with Crippen LogP contribution in [0.25, 0.3) is 0 Å². The summed E-state index contributed by atoms with van der Waals surface area (Å²) in [4.78, 5) is 23.5. The Labute approximate surface area is 142 Å². The molecule has 1 atom stereocenters. The van der Waals surface area contributed by atoms with Crippen LogP contribution in [0.5, 0.6) is 0 Å². The van der Waals surface area contributed by atoms with Gasteiger partial charge in [0.2, 0.25) is 11.8 Å². The van der Waals surface area contributed by atoms with Gasteiger partial charge in [0.05, 0.1) is 6.04 Å². The first-order chi connectivity index (χ1) is 10.6. The highest BCUT2D eigenvalue weighted by molar-refractivity contribution is 5.95. The van der Waals surface area contributed by atoms with Crippen molar-refractivity contribution in [3.63, 3.8) is 0 Å². The lowest BCUT2D eigenvalue weighted by atomic mass is 9.92. The molecule has 0 aromatic heterocycles. The van der Waals surface area contributed by atoms with Gasteiger partial charge < -0.3 is 21.1 Å². The molecule has 23 heavy (non-hydrogen) atoms. The molecule has 6 nitrogen and oxygen atoms in total. The van der Waals surface area contributed by atoms with Crippen molar-refractivity contribution in [1.29, 1.82) is 0 Å². The van der Waals surface area contributed by atoms with Crippen LogP contribution in [0.1, 0.15) is 26.2 Å². The number of benzene rings is 1. The molecule has 0 spiro atoms. The predicted octanol–water partition coefficient (Wildman–Crippen LogP) is 2.15.